The van der Waals surface area contributed by atoms with Crippen LogP contribution in [-0.4, -0.2) is 19.5 Å². The zero-order valence-electron chi connectivity index (χ0n) is 9.13. The fourth-order valence-corrected chi connectivity index (χ4v) is 1.22. The van der Waals surface area contributed by atoms with Crippen molar-refractivity contribution in [2.24, 2.45) is 0 Å². The van der Waals surface area contributed by atoms with Crippen LogP contribution in [0, 0.1) is 0 Å². The van der Waals surface area contributed by atoms with Crippen LogP contribution >= 0.6 is 15.9 Å². The molecular weight excluding hydrogens is 244 g/mol. The smallest absolute Gasteiger partial charge is 0.161 e. The maximum atomic E-state index is 5.43. The van der Waals surface area contributed by atoms with Crippen LogP contribution in [0.25, 0.3) is 0 Å². The third kappa shape index (κ3) is 7.30. The van der Waals surface area contributed by atoms with Gasteiger partial charge in [-0.05, 0) is 25.8 Å². The van der Waals surface area contributed by atoms with E-state index in [9.17, 15) is 0 Å². The van der Waals surface area contributed by atoms with Crippen molar-refractivity contribution in [3.8, 4) is 0 Å². The van der Waals surface area contributed by atoms with E-state index in [4.69, 9.17) is 9.47 Å². The molecule has 0 N–H and O–H groups in total. The largest absolute Gasteiger partial charge is 0.353 e. The Bertz CT molecular complexity index is 182. The van der Waals surface area contributed by atoms with E-state index in [1.54, 1.807) is 0 Å². The van der Waals surface area contributed by atoms with Gasteiger partial charge in [0.15, 0.2) is 6.29 Å². The number of hydrogen-bond acceptors (Lipinski definition) is 2. The highest BCUT2D eigenvalue weighted by molar-refractivity contribution is 9.11. The van der Waals surface area contributed by atoms with Gasteiger partial charge in [-0.2, -0.15) is 0 Å². The fraction of sp³-hybridized carbons (Fsp3) is 0.636. The molecule has 3 heteroatoms. The molecule has 0 heterocycles. The molecule has 0 aromatic rings. The normalized spacial score (nSPS) is 13.1. The number of allylic oxidation sites excluding steroid dienone is 2. The van der Waals surface area contributed by atoms with E-state index in [1.807, 2.05) is 31.0 Å². The molecule has 0 spiro atoms. The van der Waals surface area contributed by atoms with Crippen molar-refractivity contribution in [2.75, 3.05) is 13.2 Å². The average Bonchev–Trinajstić information content (AvgIpc) is 2.15. The first kappa shape index (κ1) is 13.9. The minimum Gasteiger partial charge on any atom is -0.353 e. The van der Waals surface area contributed by atoms with Gasteiger partial charge in [-0.25, -0.2) is 0 Å². The van der Waals surface area contributed by atoms with Gasteiger partial charge in [-0.15, -0.1) is 0 Å². The predicted octanol–water partition coefficient (Wildman–Crippen LogP) is 3.63. The summed E-state index contributed by atoms with van der Waals surface area (Å²) < 4.78 is 10.9. The van der Waals surface area contributed by atoms with E-state index < -0.39 is 0 Å². The molecule has 14 heavy (non-hydrogen) atoms. The Hall–Kier alpha value is -0.120. The molecule has 0 saturated heterocycles. The van der Waals surface area contributed by atoms with Crippen molar-refractivity contribution in [1.29, 1.82) is 0 Å². The van der Waals surface area contributed by atoms with Gasteiger partial charge in [0.2, 0.25) is 0 Å². The Kier molecular flexibility index (Phi) is 9.35. The zero-order chi connectivity index (χ0) is 10.8. The van der Waals surface area contributed by atoms with E-state index >= 15 is 0 Å². The molecule has 0 saturated carbocycles. The van der Waals surface area contributed by atoms with Gasteiger partial charge in [0.25, 0.3) is 0 Å². The van der Waals surface area contributed by atoms with Crippen molar-refractivity contribution < 1.29 is 9.47 Å². The maximum absolute atomic E-state index is 5.43. The number of rotatable bonds is 7. The van der Waals surface area contributed by atoms with Crippen LogP contribution in [0.4, 0.5) is 0 Å². The van der Waals surface area contributed by atoms with Crippen molar-refractivity contribution >= 4 is 15.9 Å². The van der Waals surface area contributed by atoms with Crippen LogP contribution in [0.15, 0.2) is 22.7 Å². The Morgan fingerprint density at radius 3 is 2.29 bits per heavy atom. The molecule has 0 amide bonds. The number of hydrogen-bond donors (Lipinski definition) is 0. The van der Waals surface area contributed by atoms with Gasteiger partial charge >= 0.3 is 0 Å². The molecule has 0 aromatic carbocycles. The molecule has 0 aliphatic carbocycles. The summed E-state index contributed by atoms with van der Waals surface area (Å²) in [5.74, 6) is 0. The highest BCUT2D eigenvalue weighted by atomic mass is 79.9. The molecule has 0 aliphatic heterocycles. The van der Waals surface area contributed by atoms with Gasteiger partial charge in [-0.1, -0.05) is 33.7 Å². The molecule has 0 fully saturated rings. The molecular formula is C11H19BrO2. The van der Waals surface area contributed by atoms with Gasteiger partial charge in [-0.3, -0.25) is 0 Å². The highest BCUT2D eigenvalue weighted by Gasteiger charge is 2.07. The van der Waals surface area contributed by atoms with Crippen molar-refractivity contribution in [3.05, 3.63) is 22.7 Å². The summed E-state index contributed by atoms with van der Waals surface area (Å²) >= 11 is 3.22. The summed E-state index contributed by atoms with van der Waals surface area (Å²) in [7, 11) is 0. The van der Waals surface area contributed by atoms with Crippen LogP contribution in [0.1, 0.15) is 27.2 Å². The van der Waals surface area contributed by atoms with Crippen LogP contribution in [-0.2, 0) is 9.47 Å². The minimum absolute atomic E-state index is 0.107. The first-order valence-electron chi connectivity index (χ1n) is 4.90. The molecule has 0 radical (unpaired) electrons. The van der Waals surface area contributed by atoms with Crippen LogP contribution < -0.4 is 0 Å². The lowest BCUT2D eigenvalue weighted by Crippen LogP contribution is -2.17. The molecule has 0 unspecified atom stereocenters. The van der Waals surface area contributed by atoms with Crippen LogP contribution in [0.3, 0.4) is 0 Å². The quantitative estimate of drug-likeness (QED) is 0.516. The fourth-order valence-electron chi connectivity index (χ4n) is 1.07. The second-order valence-electron chi connectivity index (χ2n) is 2.88. The van der Waals surface area contributed by atoms with E-state index in [1.165, 1.54) is 5.57 Å². The van der Waals surface area contributed by atoms with Crippen molar-refractivity contribution in [3.63, 3.8) is 0 Å². The van der Waals surface area contributed by atoms with Gasteiger partial charge in [0, 0.05) is 19.6 Å². The zero-order valence-corrected chi connectivity index (χ0v) is 10.7. The molecule has 0 bridgehead atoms. The molecule has 2 nitrogen and oxygen atoms in total. The van der Waals surface area contributed by atoms with Crippen molar-refractivity contribution in [2.45, 2.75) is 33.5 Å². The van der Waals surface area contributed by atoms with Crippen LogP contribution in [0.5, 0.6) is 0 Å². The number of halogens is 1. The first-order chi connectivity index (χ1) is 6.74. The van der Waals surface area contributed by atoms with Gasteiger partial charge in [0.1, 0.15) is 0 Å². The molecule has 82 valence electrons. The Morgan fingerprint density at radius 2 is 1.86 bits per heavy atom. The maximum Gasteiger partial charge on any atom is 0.161 e. The van der Waals surface area contributed by atoms with E-state index in [-0.39, 0.29) is 6.29 Å². The van der Waals surface area contributed by atoms with Crippen molar-refractivity contribution in [1.82, 2.24) is 0 Å². The van der Waals surface area contributed by atoms with Gasteiger partial charge < -0.3 is 9.47 Å². The SMILES string of the molecule is CCOC(CC(C)=CC=CBr)OCC. The summed E-state index contributed by atoms with van der Waals surface area (Å²) in [5.41, 5.74) is 1.24. The predicted molar refractivity (Wildman–Crippen MR) is 63.5 cm³/mol. The lowest BCUT2D eigenvalue weighted by molar-refractivity contribution is -0.134. The molecule has 0 aliphatic rings. The second kappa shape index (κ2) is 9.44. The van der Waals surface area contributed by atoms with Crippen LogP contribution in [0.2, 0.25) is 0 Å². The molecule has 0 atom stereocenters. The lowest BCUT2D eigenvalue weighted by atomic mass is 10.2. The lowest BCUT2D eigenvalue weighted by Gasteiger charge is -2.16. The van der Waals surface area contributed by atoms with E-state index in [2.05, 4.69) is 22.9 Å². The monoisotopic (exact) mass is 262 g/mol. The third-order valence-corrected chi connectivity index (χ3v) is 1.95. The summed E-state index contributed by atoms with van der Waals surface area (Å²) in [4.78, 5) is 1.83. The third-order valence-electron chi connectivity index (χ3n) is 1.65. The highest BCUT2D eigenvalue weighted by Crippen LogP contribution is 2.09. The molecule has 0 aromatic heterocycles. The molecule has 0 rings (SSSR count). The number of ether oxygens (including phenoxy) is 2. The summed E-state index contributed by atoms with van der Waals surface area (Å²) in [5, 5.41) is 0. The van der Waals surface area contributed by atoms with E-state index in [0.29, 0.717) is 13.2 Å². The summed E-state index contributed by atoms with van der Waals surface area (Å²) in [6.45, 7) is 7.39. The topological polar surface area (TPSA) is 18.5 Å². The van der Waals surface area contributed by atoms with E-state index in [0.717, 1.165) is 6.42 Å². The Labute approximate surface area is 95.1 Å². The van der Waals surface area contributed by atoms with Gasteiger partial charge in [0.05, 0.1) is 0 Å². The summed E-state index contributed by atoms with van der Waals surface area (Å²) in [6.07, 6.45) is 4.70. The Balaban J connectivity index is 4.00. The summed E-state index contributed by atoms with van der Waals surface area (Å²) in [6, 6.07) is 0. The second-order valence-corrected chi connectivity index (χ2v) is 3.40. The average molecular weight is 263 g/mol. The first-order valence-corrected chi connectivity index (χ1v) is 5.81. The standard InChI is InChI=1S/C11H19BrO2/c1-4-13-11(14-5-2)9-10(3)7-6-8-12/h6-8,11H,4-5,9H2,1-3H3. The minimum atomic E-state index is -0.107. The Morgan fingerprint density at radius 1 is 1.29 bits per heavy atom.